The molecule has 2 atom stereocenters. The Morgan fingerprint density at radius 3 is 2.55 bits per heavy atom. The van der Waals surface area contributed by atoms with Gasteiger partial charge in [-0.15, -0.1) is 0 Å². The smallest absolute Gasteiger partial charge is 0.338 e. The van der Waals surface area contributed by atoms with E-state index < -0.39 is 10.9 Å². The van der Waals surface area contributed by atoms with Crippen LogP contribution in [0.2, 0.25) is 0 Å². The van der Waals surface area contributed by atoms with Gasteiger partial charge in [0.1, 0.15) is 24.4 Å². The van der Waals surface area contributed by atoms with Crippen LogP contribution in [0, 0.1) is 22.0 Å². The molecule has 33 heavy (non-hydrogen) atoms. The van der Waals surface area contributed by atoms with E-state index in [1.54, 1.807) is 6.07 Å². The molecule has 1 saturated heterocycles. The van der Waals surface area contributed by atoms with Gasteiger partial charge in [-0.2, -0.15) is 5.10 Å². The Hall–Kier alpha value is -3.59. The monoisotopic (exact) mass is 447 g/mol. The lowest BCUT2D eigenvalue weighted by Gasteiger charge is -2.46. The second-order valence-corrected chi connectivity index (χ2v) is 8.80. The van der Waals surface area contributed by atoms with E-state index in [0.29, 0.717) is 0 Å². The summed E-state index contributed by atoms with van der Waals surface area (Å²) in [4.78, 5) is 30.4. The number of fused-ring (bicyclic) bond motifs is 2. The van der Waals surface area contributed by atoms with Gasteiger partial charge in [0, 0.05) is 37.5 Å². The second-order valence-electron chi connectivity index (χ2n) is 8.80. The topological polar surface area (TPSA) is 103 Å². The Bertz CT molecular complexity index is 1120. The van der Waals surface area contributed by atoms with E-state index in [4.69, 9.17) is 4.74 Å². The highest BCUT2D eigenvalue weighted by atomic mass is 16.6. The van der Waals surface area contributed by atoms with Crippen LogP contribution in [0.25, 0.3) is 5.69 Å². The third-order valence-corrected chi connectivity index (χ3v) is 6.63. The summed E-state index contributed by atoms with van der Waals surface area (Å²) in [5.41, 5.74) is 1.49. The minimum absolute atomic E-state index is 0.160. The maximum atomic E-state index is 13.0. The van der Waals surface area contributed by atoms with Crippen molar-refractivity contribution >= 4 is 11.7 Å². The predicted molar refractivity (Wildman–Crippen MR) is 120 cm³/mol. The highest BCUT2D eigenvalue weighted by molar-refractivity contribution is 5.91. The SMILES string of the molecule is O=C(OC1[C@H]2CCC[C@H]1CN(Cc1ccccc1)C2)c1ccc(-n2cncn2)c([N+](=O)[O-])c1. The van der Waals surface area contributed by atoms with Crippen molar-refractivity contribution in [3.63, 3.8) is 0 Å². The minimum Gasteiger partial charge on any atom is -0.458 e. The molecule has 0 spiro atoms. The van der Waals surface area contributed by atoms with Crippen molar-refractivity contribution in [2.75, 3.05) is 13.1 Å². The van der Waals surface area contributed by atoms with Crippen molar-refractivity contribution in [3.8, 4) is 5.69 Å². The molecule has 1 saturated carbocycles. The van der Waals surface area contributed by atoms with Crippen molar-refractivity contribution in [2.45, 2.75) is 31.9 Å². The van der Waals surface area contributed by atoms with Gasteiger partial charge in [0.25, 0.3) is 5.69 Å². The molecule has 0 amide bonds. The number of benzene rings is 2. The second kappa shape index (κ2) is 9.11. The molecule has 3 aromatic rings. The van der Waals surface area contributed by atoms with Crippen LogP contribution in [0.1, 0.15) is 35.2 Å². The molecule has 1 aliphatic carbocycles. The van der Waals surface area contributed by atoms with Gasteiger partial charge in [-0.1, -0.05) is 36.8 Å². The number of ether oxygens (including phenoxy) is 1. The molecule has 9 heteroatoms. The third kappa shape index (κ3) is 4.49. The normalized spacial score (nSPS) is 22.6. The predicted octanol–water partition coefficient (Wildman–Crippen LogP) is 3.63. The quantitative estimate of drug-likeness (QED) is 0.323. The van der Waals surface area contributed by atoms with E-state index in [-0.39, 0.29) is 34.9 Å². The van der Waals surface area contributed by atoms with E-state index >= 15 is 0 Å². The number of carbonyl (C=O) groups excluding carboxylic acids is 1. The Morgan fingerprint density at radius 1 is 1.12 bits per heavy atom. The Labute approximate surface area is 191 Å². The highest BCUT2D eigenvalue weighted by Crippen LogP contribution is 2.38. The largest absolute Gasteiger partial charge is 0.458 e. The number of carbonyl (C=O) groups is 1. The molecule has 1 aliphatic heterocycles. The Balaban J connectivity index is 1.31. The lowest BCUT2D eigenvalue weighted by atomic mass is 9.75. The zero-order valence-corrected chi connectivity index (χ0v) is 18.1. The number of nitrogens with zero attached hydrogens (tertiary/aromatic N) is 5. The number of hydrogen-bond acceptors (Lipinski definition) is 7. The van der Waals surface area contributed by atoms with E-state index in [0.717, 1.165) is 38.9 Å². The average Bonchev–Trinajstić information content (AvgIpc) is 3.34. The number of piperidine rings is 1. The molecule has 2 bridgehead atoms. The summed E-state index contributed by atoms with van der Waals surface area (Å²) >= 11 is 0. The van der Waals surface area contributed by atoms with Crippen LogP contribution < -0.4 is 0 Å². The molecule has 2 heterocycles. The maximum Gasteiger partial charge on any atom is 0.338 e. The molecule has 0 unspecified atom stereocenters. The minimum atomic E-state index is -0.523. The lowest BCUT2D eigenvalue weighted by molar-refractivity contribution is -0.384. The van der Waals surface area contributed by atoms with Crippen LogP contribution in [-0.4, -0.2) is 49.8 Å². The molecule has 2 aliphatic rings. The summed E-state index contributed by atoms with van der Waals surface area (Å²) < 4.78 is 7.29. The zero-order chi connectivity index (χ0) is 22.8. The number of esters is 1. The van der Waals surface area contributed by atoms with Gasteiger partial charge in [-0.05, 0) is 30.5 Å². The fraction of sp³-hybridized carbons (Fsp3) is 0.375. The Morgan fingerprint density at radius 2 is 1.88 bits per heavy atom. The van der Waals surface area contributed by atoms with Crippen molar-refractivity contribution in [1.29, 1.82) is 0 Å². The van der Waals surface area contributed by atoms with Crippen LogP contribution >= 0.6 is 0 Å². The average molecular weight is 447 g/mol. The molecule has 0 radical (unpaired) electrons. The Kier molecular flexibility index (Phi) is 5.87. The lowest BCUT2D eigenvalue weighted by Crippen LogP contribution is -2.52. The number of likely N-dealkylation sites (tertiary alicyclic amines) is 1. The van der Waals surface area contributed by atoms with Gasteiger partial charge in [0.15, 0.2) is 0 Å². The number of hydrogen-bond donors (Lipinski definition) is 0. The summed E-state index contributed by atoms with van der Waals surface area (Å²) in [7, 11) is 0. The maximum absolute atomic E-state index is 13.0. The molecule has 2 fully saturated rings. The number of aromatic nitrogens is 3. The molecule has 1 aromatic heterocycles. The van der Waals surface area contributed by atoms with Crippen LogP contribution in [0.15, 0.2) is 61.2 Å². The first-order valence-electron chi connectivity index (χ1n) is 11.2. The number of nitro benzene ring substituents is 1. The first-order valence-corrected chi connectivity index (χ1v) is 11.2. The first-order chi connectivity index (χ1) is 16.1. The number of rotatable bonds is 6. The van der Waals surface area contributed by atoms with Crippen molar-refractivity contribution in [2.24, 2.45) is 11.8 Å². The summed E-state index contributed by atoms with van der Waals surface area (Å²) in [6.07, 6.45) is 5.70. The van der Waals surface area contributed by atoms with E-state index in [1.165, 1.54) is 35.0 Å². The summed E-state index contributed by atoms with van der Waals surface area (Å²) in [6, 6.07) is 14.7. The fourth-order valence-electron chi connectivity index (χ4n) is 5.16. The van der Waals surface area contributed by atoms with Gasteiger partial charge < -0.3 is 4.74 Å². The molecular weight excluding hydrogens is 422 g/mol. The molecule has 9 nitrogen and oxygen atoms in total. The van der Waals surface area contributed by atoms with Crippen LogP contribution in [0.5, 0.6) is 0 Å². The van der Waals surface area contributed by atoms with Gasteiger partial charge in [-0.3, -0.25) is 15.0 Å². The summed E-state index contributed by atoms with van der Waals surface area (Å²) in [5, 5.41) is 15.6. The molecule has 170 valence electrons. The van der Waals surface area contributed by atoms with E-state index in [9.17, 15) is 14.9 Å². The van der Waals surface area contributed by atoms with E-state index in [2.05, 4.69) is 39.2 Å². The van der Waals surface area contributed by atoms with Gasteiger partial charge in [0.05, 0.1) is 10.5 Å². The van der Waals surface area contributed by atoms with Crippen molar-refractivity contribution < 1.29 is 14.5 Å². The van der Waals surface area contributed by atoms with Crippen LogP contribution in [-0.2, 0) is 11.3 Å². The third-order valence-electron chi connectivity index (χ3n) is 6.63. The molecule has 5 rings (SSSR count). The zero-order valence-electron chi connectivity index (χ0n) is 18.1. The highest BCUT2D eigenvalue weighted by Gasteiger charge is 2.42. The van der Waals surface area contributed by atoms with Crippen molar-refractivity contribution in [1.82, 2.24) is 19.7 Å². The summed E-state index contributed by atoms with van der Waals surface area (Å²) in [5.74, 6) is 0.0331. The fourth-order valence-corrected chi connectivity index (χ4v) is 5.16. The molecular formula is C24H25N5O4. The van der Waals surface area contributed by atoms with Crippen molar-refractivity contribution in [3.05, 3.63) is 82.4 Å². The first kappa shape index (κ1) is 21.3. The van der Waals surface area contributed by atoms with Gasteiger partial charge in [0.2, 0.25) is 0 Å². The van der Waals surface area contributed by atoms with Crippen LogP contribution in [0.3, 0.4) is 0 Å². The van der Waals surface area contributed by atoms with Gasteiger partial charge >= 0.3 is 5.97 Å². The number of nitro groups is 1. The van der Waals surface area contributed by atoms with E-state index in [1.807, 2.05) is 6.07 Å². The summed E-state index contributed by atoms with van der Waals surface area (Å²) in [6.45, 7) is 2.66. The van der Waals surface area contributed by atoms with Gasteiger partial charge in [-0.25, -0.2) is 14.5 Å². The van der Waals surface area contributed by atoms with Crippen LogP contribution in [0.4, 0.5) is 5.69 Å². The molecule has 2 aromatic carbocycles. The molecule has 0 N–H and O–H groups in total. The standard InChI is InChI=1S/C24H25N5O4/c30-24(18-9-10-21(22(11-18)29(31)32)28-16-25-15-26-28)33-23-19-7-4-8-20(23)14-27(13-19)12-17-5-2-1-3-6-17/h1-3,5-6,9-11,15-16,19-20,23H,4,7-8,12-14H2/t19-,20-/m0/s1.